The fourth-order valence-electron chi connectivity index (χ4n) is 2.61. The van der Waals surface area contributed by atoms with Crippen LogP contribution in [0.3, 0.4) is 0 Å². The molecular formula is C17H11FN2OS3. The van der Waals surface area contributed by atoms with E-state index in [0.717, 1.165) is 15.6 Å². The normalized spacial score (nSPS) is 20.1. The number of fused-ring (bicyclic) bond motifs is 1. The minimum Gasteiger partial charge on any atom is -0.337 e. The van der Waals surface area contributed by atoms with E-state index in [4.69, 9.17) is 12.2 Å². The standard InChI is InChI=1S/C17H11FN2OS3/c1-19-12-4-2-3-5-13(12)23-16(19)14-15(21)20(17(22)24-14)11-8-6-10(18)7-9-11/h2-9H,1H3/b16-14-. The van der Waals surface area contributed by atoms with Gasteiger partial charge in [0.2, 0.25) is 0 Å². The van der Waals surface area contributed by atoms with Crippen LogP contribution in [0.5, 0.6) is 0 Å². The van der Waals surface area contributed by atoms with Crippen molar-refractivity contribution in [3.63, 3.8) is 0 Å². The first-order valence-corrected chi connectivity index (χ1v) is 9.17. The van der Waals surface area contributed by atoms with Crippen LogP contribution in [0.25, 0.3) is 0 Å². The summed E-state index contributed by atoms with van der Waals surface area (Å²) in [6.07, 6.45) is 0. The fraction of sp³-hybridized carbons (Fsp3) is 0.0588. The smallest absolute Gasteiger partial charge is 0.273 e. The van der Waals surface area contributed by atoms with Gasteiger partial charge in [0, 0.05) is 11.9 Å². The number of thiocarbonyl (C=S) groups is 1. The van der Waals surface area contributed by atoms with Crippen LogP contribution < -0.4 is 9.80 Å². The van der Waals surface area contributed by atoms with Gasteiger partial charge in [-0.25, -0.2) is 4.39 Å². The first-order valence-electron chi connectivity index (χ1n) is 7.13. The average molecular weight is 374 g/mol. The number of rotatable bonds is 1. The SMILES string of the molecule is CN1/C(=C2/SC(=S)N(c3ccc(F)cc3)C2=O)Sc2ccccc21. The monoisotopic (exact) mass is 374 g/mol. The summed E-state index contributed by atoms with van der Waals surface area (Å²) in [6.45, 7) is 0. The molecule has 1 fully saturated rings. The Balaban J connectivity index is 1.73. The number of nitrogens with zero attached hydrogens (tertiary/aromatic N) is 2. The van der Waals surface area contributed by atoms with Crippen LogP contribution >= 0.6 is 35.7 Å². The molecule has 0 spiro atoms. The van der Waals surface area contributed by atoms with Crippen molar-refractivity contribution in [2.45, 2.75) is 4.90 Å². The summed E-state index contributed by atoms with van der Waals surface area (Å²) in [5.41, 5.74) is 1.65. The molecule has 0 bridgehead atoms. The summed E-state index contributed by atoms with van der Waals surface area (Å²) in [4.78, 5) is 18.1. The summed E-state index contributed by atoms with van der Waals surface area (Å²) in [5.74, 6) is -0.511. The number of para-hydroxylation sites is 1. The lowest BCUT2D eigenvalue weighted by Crippen LogP contribution is -2.28. The summed E-state index contributed by atoms with van der Waals surface area (Å²) < 4.78 is 13.6. The molecule has 0 unspecified atom stereocenters. The lowest BCUT2D eigenvalue weighted by molar-refractivity contribution is -0.113. The number of carbonyl (C=O) groups is 1. The van der Waals surface area contributed by atoms with Gasteiger partial charge in [-0.15, -0.1) is 0 Å². The Labute approximate surface area is 152 Å². The van der Waals surface area contributed by atoms with Gasteiger partial charge in [0.15, 0.2) is 4.32 Å². The van der Waals surface area contributed by atoms with Crippen molar-refractivity contribution in [2.75, 3.05) is 16.8 Å². The number of hydrogen-bond donors (Lipinski definition) is 0. The Morgan fingerprint density at radius 1 is 1.04 bits per heavy atom. The molecule has 4 rings (SSSR count). The molecule has 3 nitrogen and oxygen atoms in total. The first kappa shape index (κ1) is 15.7. The summed E-state index contributed by atoms with van der Waals surface area (Å²) in [7, 11) is 1.94. The third-order valence-electron chi connectivity index (χ3n) is 3.79. The maximum atomic E-state index is 13.1. The van der Waals surface area contributed by atoms with Crippen LogP contribution in [0, 0.1) is 5.82 Å². The minimum atomic E-state index is -0.343. The Bertz CT molecular complexity index is 895. The predicted octanol–water partition coefficient (Wildman–Crippen LogP) is 4.60. The van der Waals surface area contributed by atoms with E-state index in [-0.39, 0.29) is 11.7 Å². The van der Waals surface area contributed by atoms with Crippen LogP contribution in [0.2, 0.25) is 0 Å². The highest BCUT2D eigenvalue weighted by Gasteiger charge is 2.38. The van der Waals surface area contributed by atoms with Crippen molar-refractivity contribution >= 4 is 57.3 Å². The minimum absolute atomic E-state index is 0.168. The second kappa shape index (κ2) is 5.91. The van der Waals surface area contributed by atoms with Crippen molar-refractivity contribution in [3.8, 4) is 0 Å². The van der Waals surface area contributed by atoms with E-state index < -0.39 is 0 Å². The molecule has 0 N–H and O–H groups in total. The Kier molecular flexibility index (Phi) is 3.86. The topological polar surface area (TPSA) is 23.6 Å². The van der Waals surface area contributed by atoms with Gasteiger partial charge in [0.1, 0.15) is 10.7 Å². The zero-order chi connectivity index (χ0) is 16.8. The molecule has 0 radical (unpaired) electrons. The van der Waals surface area contributed by atoms with Gasteiger partial charge in [0.25, 0.3) is 5.91 Å². The van der Waals surface area contributed by atoms with Gasteiger partial charge in [-0.1, -0.05) is 47.9 Å². The molecule has 2 aliphatic rings. The van der Waals surface area contributed by atoms with Crippen molar-refractivity contribution in [2.24, 2.45) is 0 Å². The van der Waals surface area contributed by atoms with E-state index in [0.29, 0.717) is 14.9 Å². The molecule has 7 heteroatoms. The van der Waals surface area contributed by atoms with Crippen LogP contribution in [0.15, 0.2) is 63.4 Å². The molecule has 0 atom stereocenters. The molecule has 24 heavy (non-hydrogen) atoms. The van der Waals surface area contributed by atoms with Gasteiger partial charge in [-0.3, -0.25) is 9.69 Å². The molecular weight excluding hydrogens is 363 g/mol. The van der Waals surface area contributed by atoms with E-state index in [9.17, 15) is 9.18 Å². The molecule has 1 saturated heterocycles. The third kappa shape index (κ3) is 2.44. The van der Waals surface area contributed by atoms with E-state index >= 15 is 0 Å². The highest BCUT2D eigenvalue weighted by atomic mass is 32.2. The van der Waals surface area contributed by atoms with Gasteiger partial charge in [-0.05, 0) is 36.4 Å². The predicted molar refractivity (Wildman–Crippen MR) is 102 cm³/mol. The van der Waals surface area contributed by atoms with E-state index in [1.807, 2.05) is 36.2 Å². The molecule has 1 amide bonds. The van der Waals surface area contributed by atoms with Gasteiger partial charge in [0.05, 0.1) is 16.4 Å². The third-order valence-corrected chi connectivity index (χ3v) is 6.51. The van der Waals surface area contributed by atoms with Gasteiger partial charge < -0.3 is 4.90 Å². The molecule has 2 aromatic rings. The Morgan fingerprint density at radius 3 is 2.46 bits per heavy atom. The number of anilines is 2. The van der Waals surface area contributed by atoms with E-state index in [1.165, 1.54) is 28.8 Å². The molecule has 0 aromatic heterocycles. The quantitative estimate of drug-likeness (QED) is 0.536. The van der Waals surface area contributed by atoms with Crippen molar-refractivity contribution in [3.05, 3.63) is 64.3 Å². The number of hydrogen-bond acceptors (Lipinski definition) is 5. The van der Waals surface area contributed by atoms with Crippen molar-refractivity contribution in [1.29, 1.82) is 0 Å². The number of carbonyl (C=O) groups excluding carboxylic acids is 1. The van der Waals surface area contributed by atoms with Crippen LogP contribution in [0.4, 0.5) is 15.8 Å². The molecule has 0 aliphatic carbocycles. The Hall–Kier alpha value is -1.83. The number of benzene rings is 2. The molecule has 0 saturated carbocycles. The number of thioether (sulfide) groups is 2. The van der Waals surface area contributed by atoms with E-state index in [2.05, 4.69) is 0 Å². The molecule has 120 valence electrons. The van der Waals surface area contributed by atoms with Crippen LogP contribution in [-0.2, 0) is 4.79 Å². The molecule has 2 aliphatic heterocycles. The van der Waals surface area contributed by atoms with Crippen molar-refractivity contribution in [1.82, 2.24) is 0 Å². The lowest BCUT2D eigenvalue weighted by atomic mass is 10.3. The molecule has 2 heterocycles. The number of amides is 1. The van der Waals surface area contributed by atoms with Gasteiger partial charge >= 0.3 is 0 Å². The summed E-state index contributed by atoms with van der Waals surface area (Å²) in [5, 5.41) is 0.873. The lowest BCUT2D eigenvalue weighted by Gasteiger charge is -2.16. The maximum Gasteiger partial charge on any atom is 0.273 e. The Morgan fingerprint density at radius 2 is 1.75 bits per heavy atom. The average Bonchev–Trinajstić information content (AvgIpc) is 3.06. The first-order chi connectivity index (χ1) is 11.6. The fourth-order valence-corrected chi connectivity index (χ4v) is 5.24. The van der Waals surface area contributed by atoms with E-state index in [1.54, 1.807) is 23.9 Å². The van der Waals surface area contributed by atoms with Crippen LogP contribution in [-0.4, -0.2) is 17.3 Å². The zero-order valence-electron chi connectivity index (χ0n) is 12.5. The summed E-state index contributed by atoms with van der Waals surface area (Å²) in [6, 6.07) is 13.8. The highest BCUT2D eigenvalue weighted by Crippen LogP contribution is 2.50. The second-order valence-corrected chi connectivity index (χ2v) is 7.92. The second-order valence-electron chi connectivity index (χ2n) is 5.25. The zero-order valence-corrected chi connectivity index (χ0v) is 15.0. The summed E-state index contributed by atoms with van der Waals surface area (Å²) >= 11 is 8.23. The van der Waals surface area contributed by atoms with Crippen LogP contribution in [0.1, 0.15) is 0 Å². The molecule has 2 aromatic carbocycles. The van der Waals surface area contributed by atoms with Gasteiger partial charge in [-0.2, -0.15) is 0 Å². The number of halogens is 1. The maximum absolute atomic E-state index is 13.1. The van der Waals surface area contributed by atoms with Crippen molar-refractivity contribution < 1.29 is 9.18 Å². The largest absolute Gasteiger partial charge is 0.337 e. The highest BCUT2D eigenvalue weighted by molar-refractivity contribution is 8.27.